The normalized spacial score (nSPS) is 17.8. The second kappa shape index (κ2) is 6.27. The standard InChI is InChI=1S/C16H24N2O2/c1-10(2)11(3)15(17-4)12-5-6-14-13(9-12)16(19)18-7-8-20-14/h5-6,9-11,15,17H,7-8H2,1-4H3,(H,18,19). The molecule has 1 aromatic carbocycles. The molecule has 2 rings (SSSR count). The van der Waals surface area contributed by atoms with Crippen molar-refractivity contribution in [2.45, 2.75) is 26.8 Å². The quantitative estimate of drug-likeness (QED) is 0.887. The number of nitrogens with one attached hydrogen (secondary N) is 2. The van der Waals surface area contributed by atoms with Gasteiger partial charge in [-0.1, -0.05) is 26.8 Å². The molecular weight excluding hydrogens is 252 g/mol. The van der Waals surface area contributed by atoms with Crippen LogP contribution in [0, 0.1) is 11.8 Å². The summed E-state index contributed by atoms with van der Waals surface area (Å²) in [6.07, 6.45) is 0. The number of carbonyl (C=O) groups excluding carboxylic acids is 1. The molecule has 2 N–H and O–H groups in total. The number of hydrogen-bond acceptors (Lipinski definition) is 3. The second-order valence-corrected chi connectivity index (χ2v) is 5.73. The fourth-order valence-corrected chi connectivity index (χ4v) is 2.58. The highest BCUT2D eigenvalue weighted by molar-refractivity contribution is 5.97. The van der Waals surface area contributed by atoms with Gasteiger partial charge in [-0.05, 0) is 36.6 Å². The van der Waals surface area contributed by atoms with Crippen molar-refractivity contribution >= 4 is 5.91 Å². The number of ether oxygens (including phenoxy) is 1. The molecule has 1 aliphatic heterocycles. The number of benzene rings is 1. The Morgan fingerprint density at radius 3 is 2.70 bits per heavy atom. The Balaban J connectivity index is 2.36. The summed E-state index contributed by atoms with van der Waals surface area (Å²) in [5.41, 5.74) is 1.77. The highest BCUT2D eigenvalue weighted by atomic mass is 16.5. The largest absolute Gasteiger partial charge is 0.491 e. The van der Waals surface area contributed by atoms with Crippen LogP contribution in [0.15, 0.2) is 18.2 Å². The summed E-state index contributed by atoms with van der Waals surface area (Å²) in [5, 5.41) is 6.22. The molecule has 1 aliphatic rings. The average molecular weight is 276 g/mol. The Morgan fingerprint density at radius 2 is 2.05 bits per heavy atom. The van der Waals surface area contributed by atoms with Crippen LogP contribution in [0.5, 0.6) is 5.75 Å². The smallest absolute Gasteiger partial charge is 0.255 e. The Kier molecular flexibility index (Phi) is 4.65. The third kappa shape index (κ3) is 2.96. The lowest BCUT2D eigenvalue weighted by molar-refractivity contribution is 0.0957. The maximum absolute atomic E-state index is 12.1. The van der Waals surface area contributed by atoms with E-state index in [9.17, 15) is 4.79 Å². The summed E-state index contributed by atoms with van der Waals surface area (Å²) in [6.45, 7) is 7.74. The van der Waals surface area contributed by atoms with Crippen LogP contribution in [0.25, 0.3) is 0 Å². The molecule has 110 valence electrons. The Morgan fingerprint density at radius 1 is 1.30 bits per heavy atom. The number of rotatable bonds is 4. The molecule has 0 saturated heterocycles. The van der Waals surface area contributed by atoms with Crippen molar-refractivity contribution in [3.05, 3.63) is 29.3 Å². The first-order valence-electron chi connectivity index (χ1n) is 7.26. The maximum atomic E-state index is 12.1. The number of hydrogen-bond donors (Lipinski definition) is 2. The summed E-state index contributed by atoms with van der Waals surface area (Å²) >= 11 is 0. The molecule has 4 heteroatoms. The lowest BCUT2D eigenvalue weighted by atomic mass is 9.85. The first kappa shape index (κ1) is 14.9. The molecule has 0 fully saturated rings. The topological polar surface area (TPSA) is 50.4 Å². The molecule has 4 nitrogen and oxygen atoms in total. The predicted octanol–water partition coefficient (Wildman–Crippen LogP) is 2.36. The van der Waals surface area contributed by atoms with Gasteiger partial charge >= 0.3 is 0 Å². The molecule has 1 amide bonds. The Labute approximate surface area is 120 Å². The molecule has 2 atom stereocenters. The van der Waals surface area contributed by atoms with Gasteiger partial charge in [-0.2, -0.15) is 0 Å². The predicted molar refractivity (Wildman–Crippen MR) is 80.1 cm³/mol. The van der Waals surface area contributed by atoms with E-state index in [0.29, 0.717) is 36.3 Å². The van der Waals surface area contributed by atoms with Crippen molar-refractivity contribution in [3.8, 4) is 5.75 Å². The van der Waals surface area contributed by atoms with E-state index in [0.717, 1.165) is 5.56 Å². The van der Waals surface area contributed by atoms with E-state index in [2.05, 4.69) is 37.5 Å². The van der Waals surface area contributed by atoms with Crippen molar-refractivity contribution in [2.24, 2.45) is 11.8 Å². The third-order valence-corrected chi connectivity index (χ3v) is 4.14. The number of amides is 1. The van der Waals surface area contributed by atoms with E-state index >= 15 is 0 Å². The van der Waals surface area contributed by atoms with Crippen LogP contribution in [0.2, 0.25) is 0 Å². The van der Waals surface area contributed by atoms with Gasteiger partial charge in [0.25, 0.3) is 5.91 Å². The second-order valence-electron chi connectivity index (χ2n) is 5.73. The van der Waals surface area contributed by atoms with Gasteiger partial charge in [-0.3, -0.25) is 4.79 Å². The van der Waals surface area contributed by atoms with E-state index < -0.39 is 0 Å². The third-order valence-electron chi connectivity index (χ3n) is 4.14. The molecule has 0 spiro atoms. The molecule has 0 aliphatic carbocycles. The van der Waals surface area contributed by atoms with Gasteiger partial charge in [0.05, 0.1) is 12.1 Å². The van der Waals surface area contributed by atoms with Gasteiger partial charge in [-0.15, -0.1) is 0 Å². The van der Waals surface area contributed by atoms with Gasteiger partial charge < -0.3 is 15.4 Å². The van der Waals surface area contributed by atoms with Crippen LogP contribution < -0.4 is 15.4 Å². The van der Waals surface area contributed by atoms with Gasteiger partial charge in [0.15, 0.2) is 0 Å². The van der Waals surface area contributed by atoms with Crippen molar-refractivity contribution in [1.82, 2.24) is 10.6 Å². The summed E-state index contributed by atoms with van der Waals surface area (Å²) in [6, 6.07) is 6.15. The zero-order valence-corrected chi connectivity index (χ0v) is 12.7. The molecular formula is C16H24N2O2. The summed E-state index contributed by atoms with van der Waals surface area (Å²) < 4.78 is 5.59. The minimum absolute atomic E-state index is 0.0496. The van der Waals surface area contributed by atoms with Gasteiger partial charge in [-0.25, -0.2) is 0 Å². The fraction of sp³-hybridized carbons (Fsp3) is 0.562. The van der Waals surface area contributed by atoms with E-state index in [4.69, 9.17) is 4.74 Å². The van der Waals surface area contributed by atoms with Crippen LogP contribution in [0.1, 0.15) is 42.7 Å². The van der Waals surface area contributed by atoms with Crippen LogP contribution >= 0.6 is 0 Å². The summed E-state index contributed by atoms with van der Waals surface area (Å²) in [7, 11) is 1.96. The summed E-state index contributed by atoms with van der Waals surface area (Å²) in [5.74, 6) is 1.67. The van der Waals surface area contributed by atoms with Gasteiger partial charge in [0.2, 0.25) is 0 Å². The van der Waals surface area contributed by atoms with E-state index in [1.807, 2.05) is 19.2 Å². The van der Waals surface area contributed by atoms with Gasteiger partial charge in [0.1, 0.15) is 12.4 Å². The molecule has 0 bridgehead atoms. The molecule has 1 heterocycles. The molecule has 0 saturated carbocycles. The van der Waals surface area contributed by atoms with E-state index in [-0.39, 0.29) is 11.9 Å². The monoisotopic (exact) mass is 276 g/mol. The minimum Gasteiger partial charge on any atom is -0.491 e. The van der Waals surface area contributed by atoms with Crippen molar-refractivity contribution in [3.63, 3.8) is 0 Å². The fourth-order valence-electron chi connectivity index (χ4n) is 2.58. The summed E-state index contributed by atoms with van der Waals surface area (Å²) in [4.78, 5) is 12.1. The maximum Gasteiger partial charge on any atom is 0.255 e. The van der Waals surface area contributed by atoms with Crippen LogP contribution in [0.3, 0.4) is 0 Å². The zero-order valence-electron chi connectivity index (χ0n) is 12.7. The van der Waals surface area contributed by atoms with Gasteiger partial charge in [0, 0.05) is 6.04 Å². The Hall–Kier alpha value is -1.55. The van der Waals surface area contributed by atoms with Crippen LogP contribution in [0.4, 0.5) is 0 Å². The number of fused-ring (bicyclic) bond motifs is 1. The van der Waals surface area contributed by atoms with Crippen molar-refractivity contribution < 1.29 is 9.53 Å². The average Bonchev–Trinajstić information content (AvgIpc) is 2.62. The molecule has 2 unspecified atom stereocenters. The van der Waals surface area contributed by atoms with Crippen LogP contribution in [-0.2, 0) is 0 Å². The van der Waals surface area contributed by atoms with E-state index in [1.54, 1.807) is 0 Å². The van der Waals surface area contributed by atoms with Crippen molar-refractivity contribution in [2.75, 3.05) is 20.2 Å². The SMILES string of the molecule is CNC(c1ccc2c(c1)C(=O)NCCO2)C(C)C(C)C. The highest BCUT2D eigenvalue weighted by Gasteiger charge is 2.23. The first-order chi connectivity index (χ1) is 9.54. The molecule has 0 aromatic heterocycles. The lowest BCUT2D eigenvalue weighted by Gasteiger charge is -2.27. The van der Waals surface area contributed by atoms with E-state index in [1.165, 1.54) is 0 Å². The molecule has 20 heavy (non-hydrogen) atoms. The zero-order chi connectivity index (χ0) is 14.7. The molecule has 0 radical (unpaired) electrons. The Bertz CT molecular complexity index is 485. The lowest BCUT2D eigenvalue weighted by Crippen LogP contribution is -2.27. The first-order valence-corrected chi connectivity index (χ1v) is 7.26. The number of carbonyl (C=O) groups is 1. The molecule has 1 aromatic rings. The van der Waals surface area contributed by atoms with Crippen molar-refractivity contribution in [1.29, 1.82) is 0 Å². The minimum atomic E-state index is -0.0496. The van der Waals surface area contributed by atoms with Crippen LogP contribution in [-0.4, -0.2) is 26.1 Å². The highest BCUT2D eigenvalue weighted by Crippen LogP contribution is 2.31.